The molecule has 1 unspecified atom stereocenters. The molecule has 11 heteroatoms. The molecule has 0 saturated heterocycles. The fourth-order valence-electron chi connectivity index (χ4n) is 3.47. The van der Waals surface area contributed by atoms with Crippen LogP contribution in [0.2, 0.25) is 5.15 Å². The largest absolute Gasteiger partial charge is 0.494 e. The van der Waals surface area contributed by atoms with Crippen molar-refractivity contribution in [1.29, 1.82) is 0 Å². The van der Waals surface area contributed by atoms with Crippen LogP contribution in [0.4, 0.5) is 11.4 Å². The molecule has 0 spiro atoms. The van der Waals surface area contributed by atoms with Crippen molar-refractivity contribution in [3.8, 4) is 17.1 Å². The average molecular weight is 554 g/mol. The SMILES string of the molecule is COc1c(Nc2cc(Cl)nc3c2nc(C2CC2)n3PI)cccc1-c1ncn(C)n1. The van der Waals surface area contributed by atoms with E-state index in [1.165, 1.54) is 12.8 Å². The van der Waals surface area contributed by atoms with Gasteiger partial charge in [0.25, 0.3) is 0 Å². The number of hydrogen-bond acceptors (Lipinski definition) is 6. The maximum Gasteiger partial charge on any atom is 0.184 e. The van der Waals surface area contributed by atoms with Gasteiger partial charge in [-0.05, 0) is 47.0 Å². The Labute approximate surface area is 192 Å². The fraction of sp³-hybridized carbons (Fsp3) is 0.263. The van der Waals surface area contributed by atoms with Crippen molar-refractivity contribution >= 4 is 62.6 Å². The van der Waals surface area contributed by atoms with Crippen LogP contribution in [0.3, 0.4) is 0 Å². The van der Waals surface area contributed by atoms with E-state index in [0.29, 0.717) is 29.0 Å². The first-order valence-corrected chi connectivity index (χ1v) is 13.8. The molecule has 1 aliphatic carbocycles. The molecule has 0 radical (unpaired) electrons. The Balaban J connectivity index is 1.62. The maximum atomic E-state index is 6.38. The molecule has 1 fully saturated rings. The van der Waals surface area contributed by atoms with E-state index in [1.54, 1.807) is 24.2 Å². The number of ether oxygens (including phenoxy) is 1. The second-order valence-corrected chi connectivity index (χ2v) is 9.53. The molecule has 1 saturated carbocycles. The number of fused-ring (bicyclic) bond motifs is 1. The van der Waals surface area contributed by atoms with Crippen molar-refractivity contribution < 1.29 is 4.74 Å². The second kappa shape index (κ2) is 7.94. The molecular formula is C19H18ClIN7OP. The fourth-order valence-corrected chi connectivity index (χ4v) is 5.64. The van der Waals surface area contributed by atoms with Gasteiger partial charge in [0, 0.05) is 19.0 Å². The van der Waals surface area contributed by atoms with Crippen molar-refractivity contribution in [2.45, 2.75) is 18.8 Å². The maximum absolute atomic E-state index is 6.38. The van der Waals surface area contributed by atoms with Gasteiger partial charge in [0.1, 0.15) is 22.8 Å². The minimum atomic E-state index is 0.421. The Morgan fingerprint density at radius 1 is 1.27 bits per heavy atom. The highest BCUT2D eigenvalue weighted by Gasteiger charge is 2.30. The number of anilines is 2. The van der Waals surface area contributed by atoms with Crippen LogP contribution in [0.5, 0.6) is 5.75 Å². The summed E-state index contributed by atoms with van der Waals surface area (Å²) in [5, 5.41) is 8.29. The van der Waals surface area contributed by atoms with E-state index in [0.717, 1.165) is 33.9 Å². The third-order valence-electron chi connectivity index (χ3n) is 4.97. The second-order valence-electron chi connectivity index (χ2n) is 7.08. The highest BCUT2D eigenvalue weighted by molar-refractivity contribution is 14.2. The topological polar surface area (TPSA) is 82.7 Å². The van der Waals surface area contributed by atoms with Crippen LogP contribution in [0, 0.1) is 0 Å². The summed E-state index contributed by atoms with van der Waals surface area (Å²) in [6.45, 7) is 0. The molecule has 1 aromatic carbocycles. The predicted octanol–water partition coefficient (Wildman–Crippen LogP) is 5.30. The van der Waals surface area contributed by atoms with E-state index in [2.05, 4.69) is 46.8 Å². The summed E-state index contributed by atoms with van der Waals surface area (Å²) >= 11 is 8.75. The number of pyridine rings is 1. The lowest BCUT2D eigenvalue weighted by Gasteiger charge is -2.14. The molecule has 1 aliphatic rings. The first-order valence-electron chi connectivity index (χ1n) is 9.34. The van der Waals surface area contributed by atoms with Crippen molar-refractivity contribution in [3.63, 3.8) is 0 Å². The van der Waals surface area contributed by atoms with E-state index in [1.807, 2.05) is 25.2 Å². The van der Waals surface area contributed by atoms with Gasteiger partial charge in [-0.3, -0.25) is 9.02 Å². The quantitative estimate of drug-likeness (QED) is 0.198. The number of methoxy groups -OCH3 is 1. The third-order valence-corrected chi connectivity index (χ3v) is 7.22. The van der Waals surface area contributed by atoms with Gasteiger partial charge < -0.3 is 10.1 Å². The predicted molar refractivity (Wildman–Crippen MR) is 129 cm³/mol. The van der Waals surface area contributed by atoms with Crippen molar-refractivity contribution in [3.05, 3.63) is 41.6 Å². The summed E-state index contributed by atoms with van der Waals surface area (Å²) in [6, 6.07) is 7.63. The van der Waals surface area contributed by atoms with Crippen LogP contribution in [0.1, 0.15) is 24.6 Å². The number of aromatic nitrogens is 6. The van der Waals surface area contributed by atoms with Gasteiger partial charge in [-0.15, -0.1) is 0 Å². The molecule has 1 atom stereocenters. The van der Waals surface area contributed by atoms with Gasteiger partial charge in [-0.1, -0.05) is 17.7 Å². The Morgan fingerprint density at radius 3 is 2.77 bits per heavy atom. The van der Waals surface area contributed by atoms with Crippen molar-refractivity contribution in [1.82, 2.24) is 29.1 Å². The van der Waals surface area contributed by atoms with Gasteiger partial charge in [0.15, 0.2) is 17.2 Å². The molecule has 4 aromatic rings. The molecule has 0 amide bonds. The number of rotatable bonds is 6. The van der Waals surface area contributed by atoms with Crippen LogP contribution in [-0.4, -0.2) is 36.2 Å². The zero-order chi connectivity index (χ0) is 20.8. The lowest BCUT2D eigenvalue weighted by molar-refractivity contribution is 0.418. The summed E-state index contributed by atoms with van der Waals surface area (Å²) in [5.41, 5.74) is 4.00. The van der Waals surface area contributed by atoms with Crippen LogP contribution < -0.4 is 10.1 Å². The number of nitrogens with one attached hydrogen (secondary N) is 1. The summed E-state index contributed by atoms with van der Waals surface area (Å²) in [7, 11) is 3.47. The third kappa shape index (κ3) is 3.52. The van der Waals surface area contributed by atoms with Gasteiger partial charge >= 0.3 is 0 Å². The highest BCUT2D eigenvalue weighted by Crippen LogP contribution is 2.46. The molecule has 3 heterocycles. The normalized spacial score (nSPS) is 14.1. The summed E-state index contributed by atoms with van der Waals surface area (Å²) in [6.07, 6.45) is 4.52. The zero-order valence-corrected chi connectivity index (χ0v) is 20.1. The number of nitrogens with zero attached hydrogens (tertiary/aromatic N) is 6. The van der Waals surface area contributed by atoms with E-state index < -0.39 is 0 Å². The number of hydrogen-bond donors (Lipinski definition) is 1. The molecule has 1 N–H and O–H groups in total. The Morgan fingerprint density at radius 2 is 2.10 bits per heavy atom. The average Bonchev–Trinajstić information content (AvgIpc) is 3.38. The zero-order valence-electron chi connectivity index (χ0n) is 16.2. The first kappa shape index (κ1) is 20.0. The number of halogens is 2. The summed E-state index contributed by atoms with van der Waals surface area (Å²) in [5.74, 6) is 2.86. The van der Waals surface area contributed by atoms with Gasteiger partial charge in [0.2, 0.25) is 0 Å². The molecule has 5 rings (SSSR count). The van der Waals surface area contributed by atoms with E-state index in [9.17, 15) is 0 Å². The molecule has 154 valence electrons. The van der Waals surface area contributed by atoms with Crippen molar-refractivity contribution in [2.75, 3.05) is 12.4 Å². The standard InChI is InChI=1S/C19H18ClIN7OP/c1-27-9-22-17(26-27)11-4-3-5-12(16(11)29-2)23-13-8-14(20)24-19-15(13)25-18(10-6-7-10)28(19)30-21/h3-5,8-10,30H,6-7H2,1-2H3,(H,23,24). The minimum absolute atomic E-state index is 0.421. The molecule has 8 nitrogen and oxygen atoms in total. The molecule has 0 bridgehead atoms. The van der Waals surface area contributed by atoms with Crippen LogP contribution in [0.15, 0.2) is 30.6 Å². The van der Waals surface area contributed by atoms with Gasteiger partial charge in [0.05, 0.1) is 30.4 Å². The number of para-hydroxylation sites is 1. The Hall–Kier alpha value is -1.97. The van der Waals surface area contributed by atoms with Crippen LogP contribution in [-0.2, 0) is 7.05 Å². The Kier molecular flexibility index (Phi) is 5.28. The smallest absolute Gasteiger partial charge is 0.184 e. The van der Waals surface area contributed by atoms with Gasteiger partial charge in [-0.2, -0.15) is 5.10 Å². The highest BCUT2D eigenvalue weighted by atomic mass is 127. The van der Waals surface area contributed by atoms with E-state index in [-0.39, 0.29) is 0 Å². The van der Waals surface area contributed by atoms with Crippen molar-refractivity contribution in [2.24, 2.45) is 7.05 Å². The lowest BCUT2D eigenvalue weighted by atomic mass is 10.1. The monoisotopic (exact) mass is 553 g/mol. The molecule has 30 heavy (non-hydrogen) atoms. The van der Waals surface area contributed by atoms with Gasteiger partial charge in [-0.25, -0.2) is 15.0 Å². The van der Waals surface area contributed by atoms with E-state index >= 15 is 0 Å². The van der Waals surface area contributed by atoms with Crippen LogP contribution in [0.25, 0.3) is 22.6 Å². The molecule has 0 aliphatic heterocycles. The molecule has 3 aromatic heterocycles. The first-order chi connectivity index (χ1) is 14.6. The lowest BCUT2D eigenvalue weighted by Crippen LogP contribution is -1.99. The number of aryl methyl sites for hydroxylation is 1. The number of benzene rings is 1. The summed E-state index contributed by atoms with van der Waals surface area (Å²) in [4.78, 5) is 13.9. The summed E-state index contributed by atoms with van der Waals surface area (Å²) < 4.78 is 9.57. The molecular weight excluding hydrogens is 536 g/mol. The van der Waals surface area contributed by atoms with Crippen LogP contribution >= 0.6 is 40.0 Å². The minimum Gasteiger partial charge on any atom is -0.494 e. The van der Waals surface area contributed by atoms with E-state index in [4.69, 9.17) is 21.3 Å². The number of imidazole rings is 1. The Bertz CT molecular complexity index is 1250.